The molecule has 1 aliphatic heterocycles. The fourth-order valence-corrected chi connectivity index (χ4v) is 2.87. The summed E-state index contributed by atoms with van der Waals surface area (Å²) in [7, 11) is 0. The zero-order valence-electron chi connectivity index (χ0n) is 12.6. The molecule has 0 aromatic heterocycles. The van der Waals surface area contributed by atoms with Gasteiger partial charge in [0.25, 0.3) is 0 Å². The van der Waals surface area contributed by atoms with Crippen LogP contribution in [0, 0.1) is 0 Å². The third kappa shape index (κ3) is 5.23. The van der Waals surface area contributed by atoms with Gasteiger partial charge >= 0.3 is 0 Å². The van der Waals surface area contributed by atoms with Crippen LogP contribution in [0.4, 0.5) is 0 Å². The minimum atomic E-state index is -0.147. The molecule has 1 saturated heterocycles. The number of aliphatic hydroxyl groups is 1. The Morgan fingerprint density at radius 2 is 2.15 bits per heavy atom. The molecule has 0 spiro atoms. The van der Waals surface area contributed by atoms with E-state index in [-0.39, 0.29) is 6.10 Å². The molecule has 0 bridgehead atoms. The lowest BCUT2D eigenvalue weighted by Gasteiger charge is -2.33. The van der Waals surface area contributed by atoms with Crippen LogP contribution in [0.3, 0.4) is 0 Å². The summed E-state index contributed by atoms with van der Waals surface area (Å²) in [5.74, 6) is 0. The van der Waals surface area contributed by atoms with E-state index in [2.05, 4.69) is 40.5 Å². The molecule has 1 heterocycles. The maximum absolute atomic E-state index is 9.58. The van der Waals surface area contributed by atoms with Crippen LogP contribution in [0.2, 0.25) is 0 Å². The average Bonchev–Trinajstić information content (AvgIpc) is 2.48. The van der Waals surface area contributed by atoms with E-state index >= 15 is 0 Å². The van der Waals surface area contributed by atoms with Gasteiger partial charge < -0.3 is 10.4 Å². The zero-order valence-corrected chi connectivity index (χ0v) is 12.6. The van der Waals surface area contributed by atoms with Crippen LogP contribution in [-0.4, -0.2) is 41.8 Å². The first-order valence-corrected chi connectivity index (χ1v) is 7.95. The fourth-order valence-electron chi connectivity index (χ4n) is 2.87. The van der Waals surface area contributed by atoms with Crippen molar-refractivity contribution < 1.29 is 5.11 Å². The maximum Gasteiger partial charge on any atom is 0.0549 e. The molecule has 0 amide bonds. The molecule has 3 heteroatoms. The lowest BCUT2D eigenvalue weighted by molar-refractivity contribution is 0.149. The summed E-state index contributed by atoms with van der Waals surface area (Å²) < 4.78 is 0. The lowest BCUT2D eigenvalue weighted by Crippen LogP contribution is -2.45. The first kappa shape index (κ1) is 15.5. The SMILES string of the molecule is CCC(O)CCNC1CCCN(Cc2ccccc2)C1. The Morgan fingerprint density at radius 1 is 1.35 bits per heavy atom. The smallest absolute Gasteiger partial charge is 0.0549 e. The van der Waals surface area contributed by atoms with Crippen LogP contribution in [0.1, 0.15) is 38.2 Å². The Morgan fingerprint density at radius 3 is 2.90 bits per heavy atom. The molecule has 2 atom stereocenters. The van der Waals surface area contributed by atoms with Gasteiger partial charge in [-0.2, -0.15) is 0 Å². The van der Waals surface area contributed by atoms with Crippen molar-refractivity contribution in [3.8, 4) is 0 Å². The van der Waals surface area contributed by atoms with Crippen LogP contribution >= 0.6 is 0 Å². The second-order valence-electron chi connectivity index (χ2n) is 5.86. The van der Waals surface area contributed by atoms with E-state index in [0.29, 0.717) is 6.04 Å². The molecule has 1 aromatic rings. The largest absolute Gasteiger partial charge is 0.393 e. The molecule has 2 rings (SSSR count). The highest BCUT2D eigenvalue weighted by Gasteiger charge is 2.19. The second kappa shape index (κ2) is 8.40. The summed E-state index contributed by atoms with van der Waals surface area (Å²) in [4.78, 5) is 2.53. The molecule has 1 fully saturated rings. The van der Waals surface area contributed by atoms with Crippen LogP contribution in [0.5, 0.6) is 0 Å². The van der Waals surface area contributed by atoms with Gasteiger partial charge in [0.2, 0.25) is 0 Å². The molecule has 0 saturated carbocycles. The maximum atomic E-state index is 9.58. The van der Waals surface area contributed by atoms with Gasteiger partial charge in [0.15, 0.2) is 0 Å². The minimum absolute atomic E-state index is 0.147. The summed E-state index contributed by atoms with van der Waals surface area (Å²) in [6.45, 7) is 6.34. The Balaban J connectivity index is 1.71. The Kier molecular flexibility index (Phi) is 6.51. The van der Waals surface area contributed by atoms with Gasteiger partial charge in [-0.05, 0) is 44.3 Å². The first-order chi connectivity index (χ1) is 9.78. The van der Waals surface area contributed by atoms with E-state index in [1.165, 1.54) is 24.9 Å². The van der Waals surface area contributed by atoms with Crippen LogP contribution in [0.15, 0.2) is 30.3 Å². The molecule has 0 aliphatic carbocycles. The number of nitrogens with zero attached hydrogens (tertiary/aromatic N) is 1. The van der Waals surface area contributed by atoms with Gasteiger partial charge in [-0.3, -0.25) is 4.90 Å². The quantitative estimate of drug-likeness (QED) is 0.803. The van der Waals surface area contributed by atoms with E-state index in [9.17, 15) is 5.11 Å². The predicted molar refractivity (Wildman–Crippen MR) is 83.7 cm³/mol. The summed E-state index contributed by atoms with van der Waals surface area (Å²) in [6.07, 6.45) is 4.10. The minimum Gasteiger partial charge on any atom is -0.393 e. The highest BCUT2D eigenvalue weighted by molar-refractivity contribution is 5.14. The van der Waals surface area contributed by atoms with E-state index in [0.717, 1.165) is 32.5 Å². The van der Waals surface area contributed by atoms with Crippen molar-refractivity contribution in [1.29, 1.82) is 0 Å². The first-order valence-electron chi connectivity index (χ1n) is 7.95. The molecule has 2 unspecified atom stereocenters. The number of nitrogens with one attached hydrogen (secondary N) is 1. The number of aliphatic hydroxyl groups excluding tert-OH is 1. The average molecular weight is 276 g/mol. The molecule has 1 aliphatic rings. The number of benzene rings is 1. The van der Waals surface area contributed by atoms with E-state index in [4.69, 9.17) is 0 Å². The summed E-state index contributed by atoms with van der Waals surface area (Å²) in [5.41, 5.74) is 1.40. The number of rotatable bonds is 7. The van der Waals surface area contributed by atoms with Gasteiger partial charge in [0.1, 0.15) is 0 Å². The van der Waals surface area contributed by atoms with Gasteiger partial charge in [0.05, 0.1) is 6.10 Å². The molecule has 112 valence electrons. The number of likely N-dealkylation sites (tertiary alicyclic amines) is 1. The zero-order chi connectivity index (χ0) is 14.2. The molecule has 2 N–H and O–H groups in total. The van der Waals surface area contributed by atoms with E-state index < -0.39 is 0 Å². The summed E-state index contributed by atoms with van der Waals surface area (Å²) in [6, 6.07) is 11.3. The summed E-state index contributed by atoms with van der Waals surface area (Å²) >= 11 is 0. The van der Waals surface area contributed by atoms with E-state index in [1.807, 2.05) is 6.92 Å². The van der Waals surface area contributed by atoms with Crippen molar-refractivity contribution in [1.82, 2.24) is 10.2 Å². The third-order valence-corrected chi connectivity index (χ3v) is 4.14. The second-order valence-corrected chi connectivity index (χ2v) is 5.86. The van der Waals surface area contributed by atoms with Crippen molar-refractivity contribution in [3.05, 3.63) is 35.9 Å². The van der Waals surface area contributed by atoms with Crippen LogP contribution in [-0.2, 0) is 6.54 Å². The molecule has 3 nitrogen and oxygen atoms in total. The predicted octanol–water partition coefficient (Wildman–Crippen LogP) is 2.40. The van der Waals surface area contributed by atoms with Gasteiger partial charge in [0, 0.05) is 19.1 Å². The molecule has 20 heavy (non-hydrogen) atoms. The van der Waals surface area contributed by atoms with E-state index in [1.54, 1.807) is 0 Å². The lowest BCUT2D eigenvalue weighted by atomic mass is 10.0. The van der Waals surface area contributed by atoms with Crippen LogP contribution in [0.25, 0.3) is 0 Å². The molecule has 0 radical (unpaired) electrons. The standard InChI is InChI=1S/C17H28N2O/c1-2-17(20)10-11-18-16-9-6-12-19(14-16)13-15-7-4-3-5-8-15/h3-5,7-8,16-18,20H,2,6,9-14H2,1H3. The van der Waals surface area contributed by atoms with Crippen molar-refractivity contribution in [3.63, 3.8) is 0 Å². The Hall–Kier alpha value is -0.900. The van der Waals surface area contributed by atoms with Gasteiger partial charge in [-0.15, -0.1) is 0 Å². The Bertz CT molecular complexity index is 369. The highest BCUT2D eigenvalue weighted by Crippen LogP contribution is 2.13. The van der Waals surface area contributed by atoms with Crippen molar-refractivity contribution in [2.75, 3.05) is 19.6 Å². The number of piperidine rings is 1. The van der Waals surface area contributed by atoms with Gasteiger partial charge in [-0.1, -0.05) is 37.3 Å². The molecule has 1 aromatic carbocycles. The number of hydrogen-bond acceptors (Lipinski definition) is 3. The normalized spacial score (nSPS) is 21.8. The fraction of sp³-hybridized carbons (Fsp3) is 0.647. The topological polar surface area (TPSA) is 35.5 Å². The number of hydrogen-bond donors (Lipinski definition) is 2. The monoisotopic (exact) mass is 276 g/mol. The van der Waals surface area contributed by atoms with Crippen molar-refractivity contribution >= 4 is 0 Å². The molecular weight excluding hydrogens is 248 g/mol. The Labute approximate surface area is 123 Å². The van der Waals surface area contributed by atoms with Crippen molar-refractivity contribution in [2.45, 2.75) is 51.3 Å². The van der Waals surface area contributed by atoms with Crippen molar-refractivity contribution in [2.24, 2.45) is 0 Å². The third-order valence-electron chi connectivity index (χ3n) is 4.14. The molecular formula is C17H28N2O. The van der Waals surface area contributed by atoms with Crippen LogP contribution < -0.4 is 5.32 Å². The summed E-state index contributed by atoms with van der Waals surface area (Å²) in [5, 5.41) is 13.2. The van der Waals surface area contributed by atoms with Gasteiger partial charge in [-0.25, -0.2) is 0 Å². The highest BCUT2D eigenvalue weighted by atomic mass is 16.3.